The summed E-state index contributed by atoms with van der Waals surface area (Å²) in [5.74, 6) is -0.792. The highest BCUT2D eigenvalue weighted by Crippen LogP contribution is 2.52. The molecule has 5 aromatic rings. The fourth-order valence-corrected chi connectivity index (χ4v) is 9.76. The van der Waals surface area contributed by atoms with E-state index in [4.69, 9.17) is 46.3 Å². The molecule has 13 nitrogen and oxygen atoms in total. The van der Waals surface area contributed by atoms with Crippen LogP contribution in [0, 0.1) is 23.0 Å². The Kier molecular flexibility index (Phi) is 10.00. The van der Waals surface area contributed by atoms with Crippen LogP contribution < -0.4 is 25.4 Å². The molecule has 298 valence electrons. The molecule has 0 aliphatic carbocycles. The topological polar surface area (TPSA) is 161 Å². The molecule has 0 saturated carbocycles. The Balaban J connectivity index is 1.32. The zero-order valence-corrected chi connectivity index (χ0v) is 33.6. The Morgan fingerprint density at radius 1 is 1.25 bits per heavy atom. The van der Waals surface area contributed by atoms with Crippen molar-refractivity contribution in [3.8, 4) is 29.0 Å². The number of thiophene rings is 1. The van der Waals surface area contributed by atoms with Crippen LogP contribution in [0.5, 0.6) is 11.8 Å². The summed E-state index contributed by atoms with van der Waals surface area (Å²) >= 11 is 7.99. The summed E-state index contributed by atoms with van der Waals surface area (Å²) in [7, 11) is 1.71. The van der Waals surface area contributed by atoms with Crippen LogP contribution in [0.15, 0.2) is 30.5 Å². The van der Waals surface area contributed by atoms with Gasteiger partial charge in [-0.3, -0.25) is 10.2 Å². The number of carbonyl (C=O) groups excluding carboxylic acids is 1. The van der Waals surface area contributed by atoms with Gasteiger partial charge in [0.05, 0.1) is 44.9 Å². The highest BCUT2D eigenvalue weighted by molar-refractivity contribution is 7.23. The van der Waals surface area contributed by atoms with Crippen LogP contribution >= 0.6 is 22.9 Å². The van der Waals surface area contributed by atoms with E-state index in [0.717, 1.165) is 55.3 Å². The highest BCUT2D eigenvalue weighted by Gasteiger charge is 2.49. The number of carbonyl (C=O) groups is 1. The second kappa shape index (κ2) is 14.7. The Labute approximate surface area is 336 Å². The molecule has 2 fully saturated rings. The quantitative estimate of drug-likeness (QED) is 0.155. The number of halogens is 3. The maximum atomic E-state index is 17.7. The minimum atomic E-state index is -0.864. The molecule has 2 unspecified atom stereocenters. The number of hydrogen-bond donors (Lipinski definition) is 2. The first-order valence-corrected chi connectivity index (χ1v) is 19.8. The Hall–Kier alpha value is -5.08. The zero-order chi connectivity index (χ0) is 40.4. The van der Waals surface area contributed by atoms with Gasteiger partial charge >= 0.3 is 12.1 Å². The highest BCUT2D eigenvalue weighted by atomic mass is 35.5. The molecule has 57 heavy (non-hydrogen) atoms. The van der Waals surface area contributed by atoms with Gasteiger partial charge in [0.2, 0.25) is 0 Å². The molecule has 3 aromatic heterocycles. The molecule has 1 amide bonds. The maximum absolute atomic E-state index is 17.7. The summed E-state index contributed by atoms with van der Waals surface area (Å²) in [6, 6.07) is 7.77. The number of nitrogens with zero attached hydrogens (tertiary/aromatic N) is 6. The number of ether oxygens (including phenoxy) is 4. The number of fused-ring (bicyclic) bond motifs is 2. The predicted molar refractivity (Wildman–Crippen MR) is 214 cm³/mol. The first-order valence-electron chi connectivity index (χ1n) is 18.6. The van der Waals surface area contributed by atoms with Gasteiger partial charge in [0, 0.05) is 36.4 Å². The molecule has 2 aromatic carbocycles. The third kappa shape index (κ3) is 6.79. The number of pyridine rings is 1. The SMILES string of the molecule is COC1CN2CCC[C@@]2(COc2nc3c4c(c(Cl)c(-c5ccc(F)c6sc(NC(=O)OC(C)(C)C)c(C#N)c56)c(F)c4n2)OCCN3C(C)c2cccnc2N)C1. The third-order valence-corrected chi connectivity index (χ3v) is 12.4. The summed E-state index contributed by atoms with van der Waals surface area (Å²) in [6.45, 7) is 9.36. The molecule has 0 spiro atoms. The van der Waals surface area contributed by atoms with Crippen LogP contribution in [0.1, 0.15) is 64.1 Å². The number of nitrogens with one attached hydrogen (secondary N) is 1. The maximum Gasteiger partial charge on any atom is 0.412 e. The van der Waals surface area contributed by atoms with Gasteiger partial charge in [-0.1, -0.05) is 23.7 Å². The van der Waals surface area contributed by atoms with Crippen LogP contribution in [0.4, 0.5) is 30.2 Å². The molecule has 3 atom stereocenters. The number of hydrogen-bond acceptors (Lipinski definition) is 13. The molecular formula is C40H41ClF2N8O5S. The van der Waals surface area contributed by atoms with Crippen molar-refractivity contribution in [2.24, 2.45) is 0 Å². The Morgan fingerprint density at radius 2 is 2.05 bits per heavy atom. The molecule has 17 heteroatoms. The molecular weight excluding hydrogens is 778 g/mol. The average molecular weight is 819 g/mol. The van der Waals surface area contributed by atoms with Crippen molar-refractivity contribution in [3.63, 3.8) is 0 Å². The first-order chi connectivity index (χ1) is 27.2. The van der Waals surface area contributed by atoms with Crippen molar-refractivity contribution in [2.45, 2.75) is 70.2 Å². The third-order valence-electron chi connectivity index (χ3n) is 10.9. The van der Waals surface area contributed by atoms with Crippen molar-refractivity contribution < 1.29 is 32.5 Å². The van der Waals surface area contributed by atoms with E-state index in [1.165, 1.54) is 6.07 Å². The molecule has 0 bridgehead atoms. The van der Waals surface area contributed by atoms with E-state index in [1.54, 1.807) is 40.1 Å². The lowest BCUT2D eigenvalue weighted by atomic mass is 9.94. The minimum Gasteiger partial charge on any atom is -0.489 e. The zero-order valence-electron chi connectivity index (χ0n) is 32.0. The summed E-state index contributed by atoms with van der Waals surface area (Å²) < 4.78 is 57.1. The number of nitriles is 1. The molecule has 3 aliphatic rings. The molecule has 0 radical (unpaired) electrons. The van der Waals surface area contributed by atoms with E-state index in [9.17, 15) is 10.1 Å². The van der Waals surface area contributed by atoms with Crippen LogP contribution in [0.2, 0.25) is 5.02 Å². The van der Waals surface area contributed by atoms with Crippen LogP contribution in [-0.4, -0.2) is 83.1 Å². The number of nitrogens with two attached hydrogens (primary N) is 1. The molecule has 2 saturated heterocycles. The number of nitrogen functional groups attached to an aromatic ring is 1. The average Bonchev–Trinajstić information content (AvgIpc) is 3.80. The lowest BCUT2D eigenvalue weighted by Gasteiger charge is -2.32. The van der Waals surface area contributed by atoms with E-state index in [0.29, 0.717) is 18.2 Å². The predicted octanol–water partition coefficient (Wildman–Crippen LogP) is 8.23. The van der Waals surface area contributed by atoms with Gasteiger partial charge in [0.1, 0.15) is 52.9 Å². The lowest BCUT2D eigenvalue weighted by Crippen LogP contribution is -2.43. The van der Waals surface area contributed by atoms with Gasteiger partial charge in [0.15, 0.2) is 11.6 Å². The fourth-order valence-electron chi connectivity index (χ4n) is 8.35. The monoisotopic (exact) mass is 818 g/mol. The van der Waals surface area contributed by atoms with Gasteiger partial charge in [-0.25, -0.2) is 18.6 Å². The van der Waals surface area contributed by atoms with Crippen molar-refractivity contribution in [3.05, 3.63) is 58.2 Å². The Morgan fingerprint density at radius 3 is 2.79 bits per heavy atom. The van der Waals surface area contributed by atoms with E-state index in [-0.39, 0.29) is 84.3 Å². The summed E-state index contributed by atoms with van der Waals surface area (Å²) in [6.07, 6.45) is 3.50. The smallest absolute Gasteiger partial charge is 0.412 e. The number of aromatic nitrogens is 3. The van der Waals surface area contributed by atoms with Crippen LogP contribution in [0.25, 0.3) is 32.1 Å². The number of anilines is 3. The fraction of sp³-hybridized carbons (Fsp3) is 0.425. The normalized spacial score (nSPS) is 19.9. The van der Waals surface area contributed by atoms with Gasteiger partial charge in [-0.15, -0.1) is 11.3 Å². The number of rotatable bonds is 8. The summed E-state index contributed by atoms with van der Waals surface area (Å²) in [4.78, 5) is 31.0. The van der Waals surface area contributed by atoms with Crippen molar-refractivity contribution in [1.82, 2.24) is 19.9 Å². The second-order valence-electron chi connectivity index (χ2n) is 15.5. The summed E-state index contributed by atoms with van der Waals surface area (Å²) in [5.41, 5.74) is 5.62. The Bertz CT molecular complexity index is 2470. The van der Waals surface area contributed by atoms with Gasteiger partial charge in [-0.2, -0.15) is 15.2 Å². The second-order valence-corrected chi connectivity index (χ2v) is 16.9. The lowest BCUT2D eigenvalue weighted by molar-refractivity contribution is 0.0636. The van der Waals surface area contributed by atoms with E-state index < -0.39 is 29.4 Å². The van der Waals surface area contributed by atoms with E-state index in [2.05, 4.69) is 21.3 Å². The van der Waals surface area contributed by atoms with Gasteiger partial charge in [0.25, 0.3) is 0 Å². The minimum absolute atomic E-state index is 0.00483. The number of amides is 1. The summed E-state index contributed by atoms with van der Waals surface area (Å²) in [5, 5.41) is 13.1. The van der Waals surface area contributed by atoms with Crippen LogP contribution in [0.3, 0.4) is 0 Å². The molecule has 8 rings (SSSR count). The van der Waals surface area contributed by atoms with Crippen molar-refractivity contribution >= 4 is 66.7 Å². The number of methoxy groups -OCH3 is 1. The molecule has 3 aliphatic heterocycles. The van der Waals surface area contributed by atoms with E-state index in [1.807, 2.05) is 17.9 Å². The van der Waals surface area contributed by atoms with Crippen LogP contribution in [-0.2, 0) is 9.47 Å². The van der Waals surface area contributed by atoms with Gasteiger partial charge in [-0.05, 0) is 71.2 Å². The largest absolute Gasteiger partial charge is 0.489 e. The molecule has 6 heterocycles. The van der Waals surface area contributed by atoms with Gasteiger partial charge < -0.3 is 29.6 Å². The number of benzene rings is 2. The van der Waals surface area contributed by atoms with Crippen molar-refractivity contribution in [1.29, 1.82) is 5.26 Å². The van der Waals surface area contributed by atoms with Crippen molar-refractivity contribution in [2.75, 3.05) is 55.9 Å². The first kappa shape index (κ1) is 38.8. The van der Waals surface area contributed by atoms with E-state index >= 15 is 8.78 Å². The molecule has 3 N–H and O–H groups in total. The standard InChI is InChI=1S/C40H41ClF2N8O5S/c1-20(22-8-6-12-46-34(22)45)51-14-15-54-32-28-31(47-37(48-35(28)51)55-19-40-11-7-13-50(40)18-21(16-40)53-5)30(43)27(29(32)41)23-9-10-25(42)33-26(23)24(17-44)36(57-33)49-38(52)56-39(2,3)4/h6,8-10,12,20-21H,7,11,13-16,18-19H2,1-5H3,(H2,45,46)(H,49,52)/t20?,21?,40-/m0/s1.